The summed E-state index contributed by atoms with van der Waals surface area (Å²) >= 11 is 5.23. The lowest BCUT2D eigenvalue weighted by molar-refractivity contribution is 0.244. The molecule has 0 aliphatic carbocycles. The monoisotopic (exact) mass is 401 g/mol. The number of benzene rings is 1. The zero-order valence-corrected chi connectivity index (χ0v) is 15.4. The molecule has 1 aliphatic heterocycles. The zero-order chi connectivity index (χ0) is 16.5. The van der Waals surface area contributed by atoms with Gasteiger partial charge in [-0.1, -0.05) is 30.3 Å². The van der Waals surface area contributed by atoms with E-state index in [0.717, 1.165) is 40.8 Å². The van der Waals surface area contributed by atoms with E-state index in [9.17, 15) is 4.79 Å². The van der Waals surface area contributed by atoms with Crippen molar-refractivity contribution in [3.8, 4) is 11.4 Å². The Bertz CT molecular complexity index is 920. The first-order valence-electron chi connectivity index (χ1n) is 7.82. The molecule has 6 heteroatoms. The van der Waals surface area contributed by atoms with E-state index in [4.69, 9.17) is 4.98 Å². The van der Waals surface area contributed by atoms with Crippen molar-refractivity contribution in [2.24, 2.45) is 0 Å². The Balaban J connectivity index is 1.59. The van der Waals surface area contributed by atoms with Crippen LogP contribution in [0, 0.1) is 0 Å². The summed E-state index contributed by atoms with van der Waals surface area (Å²) in [5.74, 6) is 0.662. The van der Waals surface area contributed by atoms with Gasteiger partial charge in [-0.25, -0.2) is 4.98 Å². The molecule has 0 fully saturated rings. The van der Waals surface area contributed by atoms with Crippen molar-refractivity contribution < 1.29 is 0 Å². The molecule has 0 radical (unpaired) electrons. The lowest BCUT2D eigenvalue weighted by Crippen LogP contribution is -2.35. The van der Waals surface area contributed by atoms with Gasteiger partial charge in [0.25, 0.3) is 5.56 Å². The molecule has 0 bridgehead atoms. The van der Waals surface area contributed by atoms with Gasteiger partial charge in [0, 0.05) is 46.3 Å². The van der Waals surface area contributed by atoms with Gasteiger partial charge in [0.05, 0.1) is 11.3 Å². The van der Waals surface area contributed by atoms with Gasteiger partial charge in [0.2, 0.25) is 0 Å². The number of nitrogens with one attached hydrogen (secondary N) is 1. The molecule has 24 heavy (non-hydrogen) atoms. The fourth-order valence-corrected chi connectivity index (χ4v) is 4.50. The summed E-state index contributed by atoms with van der Waals surface area (Å²) in [6, 6.07) is 11.9. The predicted octanol–water partition coefficient (Wildman–Crippen LogP) is 3.82. The van der Waals surface area contributed by atoms with Crippen molar-refractivity contribution >= 4 is 27.3 Å². The average molecular weight is 402 g/mol. The van der Waals surface area contributed by atoms with Crippen LogP contribution < -0.4 is 5.56 Å². The van der Waals surface area contributed by atoms with E-state index >= 15 is 0 Å². The Kier molecular flexibility index (Phi) is 4.35. The van der Waals surface area contributed by atoms with Crippen LogP contribution in [0.4, 0.5) is 0 Å². The lowest BCUT2D eigenvalue weighted by Gasteiger charge is -2.27. The number of thiophene rings is 1. The third-order valence-electron chi connectivity index (χ3n) is 4.20. The lowest BCUT2D eigenvalue weighted by atomic mass is 10.1. The third-order valence-corrected chi connectivity index (χ3v) is 5.88. The van der Waals surface area contributed by atoms with E-state index < -0.39 is 0 Å². The maximum absolute atomic E-state index is 12.5. The first kappa shape index (κ1) is 15.7. The highest BCUT2D eigenvalue weighted by Crippen LogP contribution is 2.24. The molecule has 1 N–H and O–H groups in total. The van der Waals surface area contributed by atoms with Crippen LogP contribution in [-0.4, -0.2) is 21.4 Å². The molecule has 122 valence electrons. The third kappa shape index (κ3) is 3.22. The van der Waals surface area contributed by atoms with Gasteiger partial charge in [-0.05, 0) is 22.0 Å². The zero-order valence-electron chi connectivity index (χ0n) is 13.0. The summed E-state index contributed by atoms with van der Waals surface area (Å²) in [7, 11) is 0. The van der Waals surface area contributed by atoms with Gasteiger partial charge in [-0.2, -0.15) is 0 Å². The molecule has 0 saturated heterocycles. The smallest absolute Gasteiger partial charge is 0.255 e. The molecule has 0 spiro atoms. The molecule has 0 unspecified atom stereocenters. The molecule has 0 atom stereocenters. The van der Waals surface area contributed by atoms with E-state index in [1.807, 2.05) is 30.3 Å². The summed E-state index contributed by atoms with van der Waals surface area (Å²) in [6.07, 6.45) is 0.811. The minimum Gasteiger partial charge on any atom is -0.306 e. The maximum Gasteiger partial charge on any atom is 0.255 e. The van der Waals surface area contributed by atoms with Crippen molar-refractivity contribution in [3.05, 3.63) is 72.7 Å². The Hall–Kier alpha value is -1.76. The molecule has 0 saturated carbocycles. The number of aromatic amines is 1. The van der Waals surface area contributed by atoms with Crippen LogP contribution in [-0.2, 0) is 19.5 Å². The van der Waals surface area contributed by atoms with Gasteiger partial charge in [0.15, 0.2) is 0 Å². The van der Waals surface area contributed by atoms with Crippen molar-refractivity contribution in [2.75, 3.05) is 6.54 Å². The Morgan fingerprint density at radius 2 is 2.12 bits per heavy atom. The summed E-state index contributed by atoms with van der Waals surface area (Å²) in [6.45, 7) is 2.45. The number of nitrogens with zero attached hydrogens (tertiary/aromatic N) is 2. The van der Waals surface area contributed by atoms with Crippen LogP contribution in [0.25, 0.3) is 11.4 Å². The number of rotatable bonds is 3. The molecule has 3 heterocycles. The Morgan fingerprint density at radius 1 is 1.29 bits per heavy atom. The van der Waals surface area contributed by atoms with E-state index in [-0.39, 0.29) is 5.56 Å². The van der Waals surface area contributed by atoms with Crippen LogP contribution >= 0.6 is 27.3 Å². The predicted molar refractivity (Wildman–Crippen MR) is 100 cm³/mol. The standard InChI is InChI=1S/C18H16BrN3OS/c19-13-8-14(24-11-13)9-22-7-6-16-15(10-22)18(23)21-17(20-16)12-4-2-1-3-5-12/h1-5,8,11H,6-7,9-10H2,(H,20,21,23). The first-order valence-corrected chi connectivity index (χ1v) is 9.49. The van der Waals surface area contributed by atoms with Crippen LogP contribution in [0.15, 0.2) is 51.0 Å². The van der Waals surface area contributed by atoms with E-state index in [1.54, 1.807) is 11.3 Å². The van der Waals surface area contributed by atoms with Gasteiger partial charge in [-0.3, -0.25) is 9.69 Å². The van der Waals surface area contributed by atoms with Gasteiger partial charge in [0.1, 0.15) is 5.82 Å². The quantitative estimate of drug-likeness (QED) is 0.725. The molecule has 3 aromatic rings. The number of hydrogen-bond donors (Lipinski definition) is 1. The molecule has 4 nitrogen and oxygen atoms in total. The van der Waals surface area contributed by atoms with Crippen molar-refractivity contribution in [2.45, 2.75) is 19.5 Å². The van der Waals surface area contributed by atoms with Crippen LogP contribution in [0.2, 0.25) is 0 Å². The van der Waals surface area contributed by atoms with Gasteiger partial charge < -0.3 is 4.98 Å². The number of H-pyrrole nitrogens is 1. The molecular weight excluding hydrogens is 386 g/mol. The second kappa shape index (κ2) is 6.63. The molecule has 4 rings (SSSR count). The largest absolute Gasteiger partial charge is 0.306 e. The molecule has 1 aromatic carbocycles. The number of hydrogen-bond acceptors (Lipinski definition) is 4. The SMILES string of the molecule is O=c1[nH]c(-c2ccccc2)nc2c1CN(Cc1cc(Br)cs1)CC2. The highest BCUT2D eigenvalue weighted by atomic mass is 79.9. The number of fused-ring (bicyclic) bond motifs is 1. The van der Waals surface area contributed by atoms with E-state index in [2.05, 4.69) is 37.3 Å². The van der Waals surface area contributed by atoms with Crippen molar-refractivity contribution in [1.29, 1.82) is 0 Å². The minimum atomic E-state index is -0.0177. The number of aromatic nitrogens is 2. The summed E-state index contributed by atoms with van der Waals surface area (Å²) in [4.78, 5) is 23.8. The molecule has 0 amide bonds. The summed E-state index contributed by atoms with van der Waals surface area (Å²) in [5.41, 5.74) is 2.66. The fourth-order valence-electron chi connectivity index (χ4n) is 3.01. The second-order valence-corrected chi connectivity index (χ2v) is 7.81. The van der Waals surface area contributed by atoms with E-state index in [0.29, 0.717) is 12.4 Å². The number of halogens is 1. The first-order chi connectivity index (χ1) is 11.7. The van der Waals surface area contributed by atoms with Crippen molar-refractivity contribution in [1.82, 2.24) is 14.9 Å². The summed E-state index contributed by atoms with van der Waals surface area (Å²) < 4.78 is 1.12. The Labute approximate surface area is 152 Å². The van der Waals surface area contributed by atoms with Gasteiger partial charge >= 0.3 is 0 Å². The molecule has 2 aromatic heterocycles. The molecular formula is C18H16BrN3OS. The average Bonchev–Trinajstić information content (AvgIpc) is 3.01. The van der Waals surface area contributed by atoms with Gasteiger partial charge in [-0.15, -0.1) is 11.3 Å². The Morgan fingerprint density at radius 3 is 2.88 bits per heavy atom. The normalized spacial score (nSPS) is 14.5. The highest BCUT2D eigenvalue weighted by molar-refractivity contribution is 9.10. The van der Waals surface area contributed by atoms with Crippen molar-refractivity contribution in [3.63, 3.8) is 0 Å². The highest BCUT2D eigenvalue weighted by Gasteiger charge is 2.21. The van der Waals surface area contributed by atoms with Crippen LogP contribution in [0.3, 0.4) is 0 Å². The topological polar surface area (TPSA) is 49.0 Å². The molecule has 1 aliphatic rings. The second-order valence-electron chi connectivity index (χ2n) is 5.90. The fraction of sp³-hybridized carbons (Fsp3) is 0.222. The summed E-state index contributed by atoms with van der Waals surface area (Å²) in [5, 5.41) is 2.09. The van der Waals surface area contributed by atoms with Crippen LogP contribution in [0.5, 0.6) is 0 Å². The maximum atomic E-state index is 12.5. The minimum absolute atomic E-state index is 0.0177. The van der Waals surface area contributed by atoms with E-state index in [1.165, 1.54) is 4.88 Å². The van der Waals surface area contributed by atoms with Crippen LogP contribution in [0.1, 0.15) is 16.1 Å².